The first-order chi connectivity index (χ1) is 28.3. The number of para-hydroxylation sites is 3. The number of aromatic nitrogens is 1. The van der Waals surface area contributed by atoms with Gasteiger partial charge in [0.05, 0.1) is 22.1 Å². The summed E-state index contributed by atoms with van der Waals surface area (Å²) in [5.74, 6) is 1.52. The molecule has 1 unspecified atom stereocenters. The van der Waals surface area contributed by atoms with E-state index in [0.717, 1.165) is 61.3 Å². The van der Waals surface area contributed by atoms with Crippen LogP contribution in [-0.2, 0) is 0 Å². The normalized spacial score (nSPS) is 14.5. The molecule has 0 radical (unpaired) electrons. The van der Waals surface area contributed by atoms with Crippen LogP contribution >= 0.6 is 11.3 Å². The third-order valence-electron chi connectivity index (χ3n) is 11.3. The van der Waals surface area contributed by atoms with Crippen LogP contribution in [0.3, 0.4) is 0 Å². The standard InChI is InChI=1S/C51H32N4OS/c1-3-14-31(15-4-1)49-52-50(32-16-5-2-6-17-32)54-51(53-49)38-22-12-27-45-46(38)39-30-33(28-29-44(39)57-45)34-20-11-21-37-47-42(25-13-26-43(47)56-48(34)37)55-40-23-9-7-18-35(40)36-19-8-10-24-41(36)55/h1-30,51H,(H,52,53,54). The van der Waals surface area contributed by atoms with Gasteiger partial charge in [-0.05, 0) is 48.0 Å². The van der Waals surface area contributed by atoms with Crippen LogP contribution in [0.15, 0.2) is 196 Å². The summed E-state index contributed by atoms with van der Waals surface area (Å²) in [7, 11) is 0. The second kappa shape index (κ2) is 12.6. The molecule has 1 aliphatic heterocycles. The van der Waals surface area contributed by atoms with Crippen molar-refractivity contribution in [1.29, 1.82) is 0 Å². The zero-order valence-corrected chi connectivity index (χ0v) is 31.4. The molecule has 0 saturated heterocycles. The number of aliphatic imine (C=N–C) groups is 2. The molecular formula is C51H32N4OS. The minimum atomic E-state index is -0.337. The fraction of sp³-hybridized carbons (Fsp3) is 0.0196. The van der Waals surface area contributed by atoms with Gasteiger partial charge >= 0.3 is 0 Å². The molecule has 0 aliphatic carbocycles. The molecule has 0 fully saturated rings. The molecule has 12 rings (SSSR count). The van der Waals surface area contributed by atoms with Gasteiger partial charge in [0, 0.05) is 58.6 Å². The van der Waals surface area contributed by atoms with E-state index in [2.05, 4.69) is 155 Å². The molecule has 0 saturated carbocycles. The number of nitrogens with one attached hydrogen (secondary N) is 1. The van der Waals surface area contributed by atoms with Gasteiger partial charge in [0.2, 0.25) is 0 Å². The average Bonchev–Trinajstić information content (AvgIpc) is 3.96. The van der Waals surface area contributed by atoms with E-state index < -0.39 is 0 Å². The molecule has 0 bridgehead atoms. The lowest BCUT2D eigenvalue weighted by Gasteiger charge is -2.24. The molecule has 268 valence electrons. The second-order valence-corrected chi connectivity index (χ2v) is 15.6. The van der Waals surface area contributed by atoms with Crippen LogP contribution in [0.4, 0.5) is 0 Å². The summed E-state index contributed by atoms with van der Waals surface area (Å²) in [6.07, 6.45) is -0.337. The molecule has 8 aromatic carbocycles. The highest BCUT2D eigenvalue weighted by Gasteiger charge is 2.25. The molecule has 0 amide bonds. The lowest BCUT2D eigenvalue weighted by molar-refractivity contribution is 0.670. The number of hydrogen-bond donors (Lipinski definition) is 1. The molecule has 6 heteroatoms. The first-order valence-corrected chi connectivity index (χ1v) is 20.0. The maximum Gasteiger partial charge on any atom is 0.159 e. The molecule has 1 aliphatic rings. The van der Waals surface area contributed by atoms with Crippen molar-refractivity contribution in [3.63, 3.8) is 0 Å². The summed E-state index contributed by atoms with van der Waals surface area (Å²) in [6, 6.07) is 64.2. The number of rotatable bonds is 5. The molecule has 57 heavy (non-hydrogen) atoms. The highest BCUT2D eigenvalue weighted by Crippen LogP contribution is 2.44. The van der Waals surface area contributed by atoms with Crippen LogP contribution < -0.4 is 5.32 Å². The molecule has 11 aromatic rings. The van der Waals surface area contributed by atoms with E-state index in [1.807, 2.05) is 47.7 Å². The smallest absolute Gasteiger partial charge is 0.159 e. The largest absolute Gasteiger partial charge is 0.455 e. The first-order valence-electron chi connectivity index (χ1n) is 19.2. The number of thiophene rings is 1. The van der Waals surface area contributed by atoms with E-state index in [0.29, 0.717) is 5.84 Å². The quantitative estimate of drug-likeness (QED) is 0.191. The van der Waals surface area contributed by atoms with Gasteiger partial charge in [0.25, 0.3) is 0 Å². The number of hydrogen-bond acceptors (Lipinski definition) is 5. The van der Waals surface area contributed by atoms with Gasteiger partial charge in [-0.15, -0.1) is 11.3 Å². The highest BCUT2D eigenvalue weighted by molar-refractivity contribution is 7.25. The lowest BCUT2D eigenvalue weighted by Crippen LogP contribution is -2.33. The van der Waals surface area contributed by atoms with Crippen LogP contribution in [0.5, 0.6) is 0 Å². The Morgan fingerprint density at radius 3 is 2.00 bits per heavy atom. The number of fused-ring (bicyclic) bond motifs is 9. The summed E-state index contributed by atoms with van der Waals surface area (Å²) in [6.45, 7) is 0. The van der Waals surface area contributed by atoms with Crippen LogP contribution in [0.25, 0.3) is 80.7 Å². The number of benzene rings is 8. The number of amidine groups is 2. The number of furan rings is 1. The van der Waals surface area contributed by atoms with E-state index >= 15 is 0 Å². The molecule has 4 heterocycles. The van der Waals surface area contributed by atoms with Gasteiger partial charge in [-0.1, -0.05) is 140 Å². The Bertz CT molecular complexity index is 3390. The van der Waals surface area contributed by atoms with E-state index in [-0.39, 0.29) is 6.17 Å². The molecule has 5 nitrogen and oxygen atoms in total. The third-order valence-corrected chi connectivity index (χ3v) is 12.4. The maximum absolute atomic E-state index is 6.86. The Kier molecular flexibility index (Phi) is 7.09. The summed E-state index contributed by atoms with van der Waals surface area (Å²) < 4.78 is 11.7. The Balaban J connectivity index is 1.03. The van der Waals surface area contributed by atoms with Gasteiger partial charge in [-0.2, -0.15) is 0 Å². The Morgan fingerprint density at radius 1 is 0.526 bits per heavy atom. The summed E-state index contributed by atoms with van der Waals surface area (Å²) in [4.78, 5) is 10.3. The van der Waals surface area contributed by atoms with Gasteiger partial charge in [-0.3, -0.25) is 0 Å². The monoisotopic (exact) mass is 748 g/mol. The summed E-state index contributed by atoms with van der Waals surface area (Å²) in [5.41, 5.74) is 10.5. The van der Waals surface area contributed by atoms with Crippen LogP contribution in [0.2, 0.25) is 0 Å². The SMILES string of the molecule is c1ccc(C2=NC(c3cccc4sc5ccc(-c6cccc7c6oc6cccc(-n8c9ccccc9c9ccccc98)c67)cc5c34)NC(c3ccccc3)=N2)cc1. The molecule has 3 aromatic heterocycles. The predicted molar refractivity (Wildman–Crippen MR) is 238 cm³/mol. The zero-order valence-electron chi connectivity index (χ0n) is 30.6. The van der Waals surface area contributed by atoms with E-state index in [1.165, 1.54) is 42.0 Å². The fourth-order valence-electron chi connectivity index (χ4n) is 8.74. The second-order valence-electron chi connectivity index (χ2n) is 14.5. The molecule has 0 spiro atoms. The van der Waals surface area contributed by atoms with Crippen molar-refractivity contribution in [3.05, 3.63) is 199 Å². The Labute approximate surface area is 331 Å². The van der Waals surface area contributed by atoms with Gasteiger partial charge < -0.3 is 14.3 Å². The summed E-state index contributed by atoms with van der Waals surface area (Å²) in [5, 5.41) is 10.8. The average molecular weight is 749 g/mol. The Morgan fingerprint density at radius 2 is 1.21 bits per heavy atom. The van der Waals surface area contributed by atoms with Crippen molar-refractivity contribution >= 4 is 86.9 Å². The van der Waals surface area contributed by atoms with Gasteiger partial charge in [0.15, 0.2) is 5.84 Å². The van der Waals surface area contributed by atoms with Crippen molar-refractivity contribution in [2.75, 3.05) is 0 Å². The molecule has 1 N–H and O–H groups in total. The van der Waals surface area contributed by atoms with Crippen LogP contribution in [0, 0.1) is 0 Å². The van der Waals surface area contributed by atoms with Crippen LogP contribution in [-0.4, -0.2) is 16.2 Å². The summed E-state index contributed by atoms with van der Waals surface area (Å²) >= 11 is 1.81. The van der Waals surface area contributed by atoms with E-state index in [1.54, 1.807) is 0 Å². The van der Waals surface area contributed by atoms with Crippen LogP contribution in [0.1, 0.15) is 22.9 Å². The predicted octanol–water partition coefficient (Wildman–Crippen LogP) is 13.2. The molecular weight excluding hydrogens is 717 g/mol. The van der Waals surface area contributed by atoms with E-state index in [9.17, 15) is 0 Å². The van der Waals surface area contributed by atoms with Crippen molar-refractivity contribution in [2.24, 2.45) is 9.98 Å². The first kappa shape index (κ1) is 32.0. The van der Waals surface area contributed by atoms with Crippen molar-refractivity contribution in [1.82, 2.24) is 9.88 Å². The zero-order chi connectivity index (χ0) is 37.5. The van der Waals surface area contributed by atoms with Crippen molar-refractivity contribution in [3.8, 4) is 16.8 Å². The van der Waals surface area contributed by atoms with Crippen molar-refractivity contribution in [2.45, 2.75) is 6.17 Å². The van der Waals surface area contributed by atoms with Gasteiger partial charge in [-0.25, -0.2) is 9.98 Å². The lowest BCUT2D eigenvalue weighted by atomic mass is 9.98. The highest BCUT2D eigenvalue weighted by atomic mass is 32.1. The third kappa shape index (κ3) is 5.01. The fourth-order valence-corrected chi connectivity index (χ4v) is 9.86. The minimum absolute atomic E-state index is 0.337. The maximum atomic E-state index is 6.86. The minimum Gasteiger partial charge on any atom is -0.455 e. The van der Waals surface area contributed by atoms with Crippen molar-refractivity contribution < 1.29 is 4.42 Å². The number of nitrogens with zero attached hydrogens (tertiary/aromatic N) is 3. The molecule has 1 atom stereocenters. The van der Waals surface area contributed by atoms with Gasteiger partial charge in [0.1, 0.15) is 23.2 Å². The van der Waals surface area contributed by atoms with E-state index in [4.69, 9.17) is 14.4 Å². The topological polar surface area (TPSA) is 54.8 Å². The Hall–Kier alpha value is -7.28.